The first-order valence-corrected chi connectivity index (χ1v) is 9.54. The van der Waals surface area contributed by atoms with Crippen LogP contribution in [-0.4, -0.2) is 53.9 Å². The van der Waals surface area contributed by atoms with Gasteiger partial charge in [-0.2, -0.15) is 4.99 Å². The van der Waals surface area contributed by atoms with E-state index in [9.17, 15) is 4.79 Å². The van der Waals surface area contributed by atoms with Crippen molar-refractivity contribution in [3.8, 4) is 0 Å². The van der Waals surface area contributed by atoms with Gasteiger partial charge in [-0.15, -0.1) is 0 Å². The fraction of sp³-hybridized carbons (Fsp3) is 0.500. The number of nitrogens with zero attached hydrogens (tertiary/aromatic N) is 4. The quantitative estimate of drug-likeness (QED) is 0.463. The van der Waals surface area contributed by atoms with E-state index in [1.165, 1.54) is 0 Å². The van der Waals surface area contributed by atoms with E-state index in [0.29, 0.717) is 18.5 Å². The highest BCUT2D eigenvalue weighted by Crippen LogP contribution is 2.27. The molecule has 2 N–H and O–H groups in total. The van der Waals surface area contributed by atoms with Crippen LogP contribution in [0.3, 0.4) is 0 Å². The van der Waals surface area contributed by atoms with Gasteiger partial charge in [-0.1, -0.05) is 24.6 Å². The van der Waals surface area contributed by atoms with Crippen LogP contribution in [0.2, 0.25) is 0 Å². The molecule has 0 spiro atoms. The summed E-state index contributed by atoms with van der Waals surface area (Å²) >= 11 is 0. The zero-order valence-electron chi connectivity index (χ0n) is 16.3. The number of anilines is 1. The average molecular weight is 368 g/mol. The molecule has 1 aliphatic rings. The second-order valence-electron chi connectivity index (χ2n) is 7.28. The number of fused-ring (bicyclic) bond motifs is 1. The normalized spacial score (nSPS) is 15.0. The minimum Gasteiger partial charge on any atom is -0.356 e. The smallest absolute Gasteiger partial charge is 0.251 e. The van der Waals surface area contributed by atoms with Crippen molar-refractivity contribution in [2.45, 2.75) is 32.6 Å². The third-order valence-corrected chi connectivity index (χ3v) is 4.77. The highest BCUT2D eigenvalue weighted by molar-refractivity contribution is 6.01. The summed E-state index contributed by atoms with van der Waals surface area (Å²) in [6.07, 6.45) is 3.92. The summed E-state index contributed by atoms with van der Waals surface area (Å²) in [5.74, 6) is 0.873. The number of hydrogen-bond donors (Lipinski definition) is 2. The van der Waals surface area contributed by atoms with E-state index in [1.54, 1.807) is 0 Å². The van der Waals surface area contributed by atoms with Gasteiger partial charge >= 0.3 is 0 Å². The Labute approximate surface area is 160 Å². The number of carbonyl (C=O) groups excluding carboxylic acids is 1. The number of carbonyl (C=O) groups is 1. The summed E-state index contributed by atoms with van der Waals surface area (Å²) in [4.78, 5) is 27.8. The Morgan fingerprint density at radius 2 is 2.04 bits per heavy atom. The molecule has 1 aromatic heterocycles. The third-order valence-electron chi connectivity index (χ3n) is 4.77. The topological polar surface area (TPSA) is 82.5 Å². The van der Waals surface area contributed by atoms with Crippen LogP contribution >= 0.6 is 0 Å². The van der Waals surface area contributed by atoms with Gasteiger partial charge in [-0.25, -0.2) is 9.97 Å². The maximum Gasteiger partial charge on any atom is 0.251 e. The van der Waals surface area contributed by atoms with Crippen LogP contribution in [-0.2, 0) is 4.79 Å². The highest BCUT2D eigenvalue weighted by atomic mass is 16.1. The zero-order chi connectivity index (χ0) is 19.2. The predicted octanol–water partition coefficient (Wildman–Crippen LogP) is 2.57. The average Bonchev–Trinajstić information content (AvgIpc) is 2.57. The van der Waals surface area contributed by atoms with Gasteiger partial charge < -0.3 is 10.2 Å². The first kappa shape index (κ1) is 19.2. The molecule has 0 radical (unpaired) electrons. The van der Waals surface area contributed by atoms with Crippen molar-refractivity contribution >= 4 is 28.7 Å². The summed E-state index contributed by atoms with van der Waals surface area (Å²) in [6, 6.07) is 7.88. The lowest BCUT2D eigenvalue weighted by atomic mass is 9.85. The molecule has 1 saturated carbocycles. The fourth-order valence-electron chi connectivity index (χ4n) is 2.97. The largest absolute Gasteiger partial charge is 0.356 e. The molecular formula is C20H28N6O. The molecule has 1 amide bonds. The first-order chi connectivity index (χ1) is 13.0. The number of benzene rings is 1. The highest BCUT2D eigenvalue weighted by Gasteiger charge is 2.25. The molecule has 7 nitrogen and oxygen atoms in total. The zero-order valence-corrected chi connectivity index (χ0v) is 16.3. The molecule has 0 aliphatic heterocycles. The van der Waals surface area contributed by atoms with E-state index in [0.717, 1.165) is 48.8 Å². The van der Waals surface area contributed by atoms with Crippen LogP contribution in [0.4, 0.5) is 5.95 Å². The van der Waals surface area contributed by atoms with Gasteiger partial charge in [0.15, 0.2) is 0 Å². The van der Waals surface area contributed by atoms with Gasteiger partial charge in [0, 0.05) is 17.8 Å². The van der Waals surface area contributed by atoms with Crippen LogP contribution in [0, 0.1) is 12.8 Å². The van der Waals surface area contributed by atoms with Crippen LogP contribution in [0.15, 0.2) is 29.3 Å². The summed E-state index contributed by atoms with van der Waals surface area (Å²) < 4.78 is 0. The van der Waals surface area contributed by atoms with Crippen LogP contribution in [0.5, 0.6) is 0 Å². The van der Waals surface area contributed by atoms with E-state index in [1.807, 2.05) is 45.3 Å². The van der Waals surface area contributed by atoms with Gasteiger partial charge in [0.05, 0.1) is 11.2 Å². The number of amides is 1. The van der Waals surface area contributed by atoms with Crippen LogP contribution in [0.25, 0.3) is 10.9 Å². The molecule has 27 heavy (non-hydrogen) atoms. The van der Waals surface area contributed by atoms with Gasteiger partial charge in [0.1, 0.15) is 0 Å². The first-order valence-electron chi connectivity index (χ1n) is 9.54. The van der Waals surface area contributed by atoms with Crippen molar-refractivity contribution < 1.29 is 4.79 Å². The summed E-state index contributed by atoms with van der Waals surface area (Å²) in [5, 5.41) is 7.37. The van der Waals surface area contributed by atoms with Crippen molar-refractivity contribution in [1.29, 1.82) is 0 Å². The van der Waals surface area contributed by atoms with E-state index in [2.05, 4.69) is 30.5 Å². The molecule has 0 unspecified atom stereocenters. The fourth-order valence-corrected chi connectivity index (χ4v) is 2.97. The number of nitrogens with one attached hydrogen (secondary N) is 2. The molecule has 144 valence electrons. The number of rotatable bonds is 6. The maximum absolute atomic E-state index is 12.3. The minimum absolute atomic E-state index is 0.0598. The Morgan fingerprint density at radius 3 is 2.74 bits per heavy atom. The van der Waals surface area contributed by atoms with Crippen molar-refractivity contribution in [3.05, 3.63) is 30.0 Å². The SMILES string of the molecule is Cc1nc(N/C(=N/C(=O)C2CCC2)NCCCN(C)C)nc2ccccc12. The molecule has 0 bridgehead atoms. The van der Waals surface area contributed by atoms with Crippen LogP contribution < -0.4 is 10.6 Å². The lowest BCUT2D eigenvalue weighted by molar-refractivity contribution is -0.123. The molecule has 0 saturated heterocycles. The number of guanidine groups is 1. The monoisotopic (exact) mass is 368 g/mol. The molecule has 2 aromatic rings. The summed E-state index contributed by atoms with van der Waals surface area (Å²) in [5.41, 5.74) is 1.75. The molecule has 1 aromatic carbocycles. The number of aromatic nitrogens is 2. The molecule has 1 fully saturated rings. The van der Waals surface area contributed by atoms with Crippen molar-refractivity contribution in [1.82, 2.24) is 20.2 Å². The summed E-state index contributed by atoms with van der Waals surface area (Å²) in [6.45, 7) is 3.63. The molecular weight excluding hydrogens is 340 g/mol. The number of aliphatic imine (C=N–C) groups is 1. The van der Waals surface area contributed by atoms with Crippen molar-refractivity contribution in [3.63, 3.8) is 0 Å². The Hall–Kier alpha value is -2.54. The maximum atomic E-state index is 12.3. The van der Waals surface area contributed by atoms with Gasteiger partial charge in [-0.05, 0) is 52.9 Å². The lowest BCUT2D eigenvalue weighted by Crippen LogP contribution is -2.35. The van der Waals surface area contributed by atoms with E-state index in [4.69, 9.17) is 0 Å². The Morgan fingerprint density at radius 1 is 1.26 bits per heavy atom. The molecule has 3 rings (SSSR count). The Kier molecular flexibility index (Phi) is 6.34. The van der Waals surface area contributed by atoms with Crippen molar-refractivity contribution in [2.24, 2.45) is 10.9 Å². The second kappa shape index (κ2) is 8.90. The molecule has 1 heterocycles. The minimum atomic E-state index is -0.0682. The van der Waals surface area contributed by atoms with Crippen LogP contribution in [0.1, 0.15) is 31.4 Å². The van der Waals surface area contributed by atoms with E-state index >= 15 is 0 Å². The van der Waals surface area contributed by atoms with Gasteiger partial charge in [0.2, 0.25) is 11.9 Å². The molecule has 0 atom stereocenters. The second-order valence-corrected chi connectivity index (χ2v) is 7.28. The summed E-state index contributed by atoms with van der Waals surface area (Å²) in [7, 11) is 4.08. The Bertz CT molecular complexity index is 828. The van der Waals surface area contributed by atoms with E-state index < -0.39 is 0 Å². The van der Waals surface area contributed by atoms with Gasteiger partial charge in [-0.3, -0.25) is 10.1 Å². The number of aryl methyl sites for hydroxylation is 1. The third kappa shape index (κ3) is 5.23. The van der Waals surface area contributed by atoms with Crippen molar-refractivity contribution in [2.75, 3.05) is 32.5 Å². The predicted molar refractivity (Wildman–Crippen MR) is 109 cm³/mol. The number of hydrogen-bond acceptors (Lipinski definition) is 4. The lowest BCUT2D eigenvalue weighted by Gasteiger charge is -2.22. The van der Waals surface area contributed by atoms with Gasteiger partial charge in [0.25, 0.3) is 5.91 Å². The van der Waals surface area contributed by atoms with E-state index in [-0.39, 0.29) is 11.8 Å². The molecule has 1 aliphatic carbocycles. The molecule has 7 heteroatoms. The Balaban J connectivity index is 1.75. The standard InChI is InChI=1S/C20H28N6O/c1-14-16-10-4-5-11-17(16)23-20(22-14)25-19(21-12-7-13-26(2)3)24-18(27)15-8-6-9-15/h4-5,10-11,15H,6-9,12-13H2,1-3H3,(H2,21,22,23,24,25,27). The number of para-hydroxylation sites is 1.